The summed E-state index contributed by atoms with van der Waals surface area (Å²) in [5.41, 5.74) is 2.05. The Morgan fingerprint density at radius 3 is 2.68 bits per heavy atom. The smallest absolute Gasteiger partial charge is 0.317 e. The second-order valence-electron chi connectivity index (χ2n) is 5.86. The van der Waals surface area contributed by atoms with Crippen molar-refractivity contribution in [2.24, 2.45) is 0 Å². The zero-order valence-electron chi connectivity index (χ0n) is 14.4. The van der Waals surface area contributed by atoms with Crippen LogP contribution in [0.5, 0.6) is 5.88 Å². The third-order valence-electron chi connectivity index (χ3n) is 4.08. The van der Waals surface area contributed by atoms with Crippen LogP contribution in [-0.4, -0.2) is 30.1 Å². The highest BCUT2D eigenvalue weighted by atomic mass is 16.5. The summed E-state index contributed by atoms with van der Waals surface area (Å²) in [5.74, 6) is 0.558. The Morgan fingerprint density at radius 1 is 1.12 bits per heavy atom. The Labute approximate surface area is 147 Å². The molecule has 5 heteroatoms. The van der Waals surface area contributed by atoms with Crippen molar-refractivity contribution in [2.75, 3.05) is 14.2 Å². The van der Waals surface area contributed by atoms with Gasteiger partial charge in [0.05, 0.1) is 7.11 Å². The van der Waals surface area contributed by atoms with E-state index in [0.29, 0.717) is 19.0 Å². The summed E-state index contributed by atoms with van der Waals surface area (Å²) in [4.78, 5) is 18.2. The molecule has 0 aliphatic carbocycles. The number of amides is 2. The summed E-state index contributed by atoms with van der Waals surface area (Å²) in [6, 6.07) is 17.9. The molecular formula is C20H21N3O2. The Morgan fingerprint density at radius 2 is 1.92 bits per heavy atom. The lowest BCUT2D eigenvalue weighted by Crippen LogP contribution is -2.36. The molecular weight excluding hydrogens is 314 g/mol. The largest absolute Gasteiger partial charge is 0.481 e. The molecule has 1 heterocycles. The topological polar surface area (TPSA) is 54.5 Å². The summed E-state index contributed by atoms with van der Waals surface area (Å²) < 4.78 is 5.03. The minimum atomic E-state index is -0.122. The van der Waals surface area contributed by atoms with Gasteiger partial charge < -0.3 is 15.0 Å². The fourth-order valence-corrected chi connectivity index (χ4v) is 2.71. The van der Waals surface area contributed by atoms with Crippen LogP contribution in [0.3, 0.4) is 0 Å². The van der Waals surface area contributed by atoms with Crippen LogP contribution in [0, 0.1) is 0 Å². The number of hydrogen-bond acceptors (Lipinski definition) is 3. The highest BCUT2D eigenvalue weighted by molar-refractivity contribution is 5.86. The quantitative estimate of drug-likeness (QED) is 0.775. The van der Waals surface area contributed by atoms with Gasteiger partial charge >= 0.3 is 6.03 Å². The van der Waals surface area contributed by atoms with Crippen LogP contribution >= 0.6 is 0 Å². The first-order valence-electron chi connectivity index (χ1n) is 8.12. The molecule has 25 heavy (non-hydrogen) atoms. The van der Waals surface area contributed by atoms with Crippen molar-refractivity contribution in [1.29, 1.82) is 0 Å². The van der Waals surface area contributed by atoms with Gasteiger partial charge in [-0.3, -0.25) is 0 Å². The molecule has 0 aliphatic heterocycles. The van der Waals surface area contributed by atoms with E-state index in [1.54, 1.807) is 31.3 Å². The molecule has 1 aromatic heterocycles. The first-order valence-corrected chi connectivity index (χ1v) is 8.12. The number of rotatable bonds is 5. The van der Waals surface area contributed by atoms with Crippen molar-refractivity contribution in [3.63, 3.8) is 0 Å². The molecule has 2 amide bonds. The minimum Gasteiger partial charge on any atom is -0.481 e. The van der Waals surface area contributed by atoms with E-state index < -0.39 is 0 Å². The number of aromatic nitrogens is 1. The van der Waals surface area contributed by atoms with Crippen LogP contribution in [0.2, 0.25) is 0 Å². The number of carbonyl (C=O) groups excluding carboxylic acids is 1. The fraction of sp³-hybridized carbons (Fsp3) is 0.200. The van der Waals surface area contributed by atoms with Crippen molar-refractivity contribution >= 4 is 16.8 Å². The Balaban J connectivity index is 1.62. The van der Waals surface area contributed by atoms with E-state index in [0.717, 1.165) is 11.1 Å². The monoisotopic (exact) mass is 335 g/mol. The van der Waals surface area contributed by atoms with E-state index in [9.17, 15) is 4.79 Å². The average molecular weight is 335 g/mol. The summed E-state index contributed by atoms with van der Waals surface area (Å²) in [5, 5.41) is 5.26. The van der Waals surface area contributed by atoms with Crippen molar-refractivity contribution in [1.82, 2.24) is 15.2 Å². The summed E-state index contributed by atoms with van der Waals surface area (Å²) >= 11 is 0. The maximum atomic E-state index is 12.3. The summed E-state index contributed by atoms with van der Waals surface area (Å²) in [7, 11) is 3.37. The van der Waals surface area contributed by atoms with Crippen LogP contribution in [0.1, 0.15) is 11.1 Å². The average Bonchev–Trinajstić information content (AvgIpc) is 2.66. The van der Waals surface area contributed by atoms with Gasteiger partial charge in [0.25, 0.3) is 0 Å². The van der Waals surface area contributed by atoms with Gasteiger partial charge in [0, 0.05) is 32.4 Å². The molecule has 2 aromatic carbocycles. The Kier molecular flexibility index (Phi) is 5.14. The van der Waals surface area contributed by atoms with Gasteiger partial charge in [-0.1, -0.05) is 48.5 Å². The highest BCUT2D eigenvalue weighted by Crippen LogP contribution is 2.19. The third kappa shape index (κ3) is 4.07. The minimum absolute atomic E-state index is 0.122. The summed E-state index contributed by atoms with van der Waals surface area (Å²) in [6.45, 7) is 0.976. The molecule has 0 unspecified atom stereocenters. The molecule has 0 fully saturated rings. The molecule has 1 N–H and O–H groups in total. The van der Waals surface area contributed by atoms with E-state index in [4.69, 9.17) is 4.74 Å². The number of fused-ring (bicyclic) bond motifs is 1. The van der Waals surface area contributed by atoms with Crippen LogP contribution < -0.4 is 10.1 Å². The molecule has 0 bridgehead atoms. The zero-order valence-corrected chi connectivity index (χ0v) is 14.4. The van der Waals surface area contributed by atoms with Crippen LogP contribution in [0.4, 0.5) is 4.79 Å². The maximum Gasteiger partial charge on any atom is 0.317 e. The second-order valence-corrected chi connectivity index (χ2v) is 5.86. The fourth-order valence-electron chi connectivity index (χ4n) is 2.71. The van der Waals surface area contributed by atoms with Crippen LogP contribution in [0.15, 0.2) is 60.8 Å². The number of methoxy groups -OCH3 is 1. The van der Waals surface area contributed by atoms with Gasteiger partial charge in [-0.05, 0) is 21.9 Å². The third-order valence-corrected chi connectivity index (χ3v) is 4.08. The number of hydrogen-bond donors (Lipinski definition) is 1. The Bertz CT molecular complexity index is 857. The molecule has 0 spiro atoms. The van der Waals surface area contributed by atoms with Gasteiger partial charge in [0.1, 0.15) is 0 Å². The van der Waals surface area contributed by atoms with Crippen molar-refractivity contribution in [3.8, 4) is 5.88 Å². The molecule has 0 aliphatic rings. The SMILES string of the molecule is COc1ccc(CNC(=O)N(C)Cc2cccc3ccccc23)cn1. The number of carbonyl (C=O) groups is 1. The summed E-state index contributed by atoms with van der Waals surface area (Å²) in [6.07, 6.45) is 1.70. The number of benzene rings is 2. The molecule has 3 aromatic rings. The van der Waals surface area contributed by atoms with Crippen LogP contribution in [0.25, 0.3) is 10.8 Å². The first kappa shape index (κ1) is 16.8. The van der Waals surface area contributed by atoms with E-state index in [1.165, 1.54) is 10.8 Å². The predicted octanol–water partition coefficient (Wildman–Crippen LogP) is 3.59. The number of nitrogens with zero attached hydrogens (tertiary/aromatic N) is 2. The molecule has 0 radical (unpaired) electrons. The van der Waals surface area contributed by atoms with Gasteiger partial charge in [-0.2, -0.15) is 0 Å². The van der Waals surface area contributed by atoms with Crippen molar-refractivity contribution in [3.05, 3.63) is 71.9 Å². The standard InChI is InChI=1S/C20H21N3O2/c1-23(14-17-8-5-7-16-6-3-4-9-18(16)17)20(24)22-13-15-10-11-19(25-2)21-12-15/h3-12H,13-14H2,1-2H3,(H,22,24). The number of nitrogens with one attached hydrogen (secondary N) is 1. The lowest BCUT2D eigenvalue weighted by molar-refractivity contribution is 0.206. The van der Waals surface area contributed by atoms with Gasteiger partial charge in [-0.15, -0.1) is 0 Å². The second kappa shape index (κ2) is 7.66. The van der Waals surface area contributed by atoms with Gasteiger partial charge in [0.2, 0.25) is 5.88 Å². The van der Waals surface area contributed by atoms with Crippen molar-refractivity contribution in [2.45, 2.75) is 13.1 Å². The predicted molar refractivity (Wildman–Crippen MR) is 98.4 cm³/mol. The highest BCUT2D eigenvalue weighted by Gasteiger charge is 2.10. The first-order chi connectivity index (χ1) is 12.2. The van der Waals surface area contributed by atoms with E-state index in [-0.39, 0.29) is 6.03 Å². The van der Waals surface area contributed by atoms with E-state index >= 15 is 0 Å². The maximum absolute atomic E-state index is 12.3. The van der Waals surface area contributed by atoms with Crippen molar-refractivity contribution < 1.29 is 9.53 Å². The zero-order chi connectivity index (χ0) is 17.6. The van der Waals surface area contributed by atoms with E-state index in [2.05, 4.69) is 34.6 Å². The number of urea groups is 1. The normalized spacial score (nSPS) is 10.5. The molecule has 0 saturated heterocycles. The molecule has 3 rings (SSSR count). The molecule has 5 nitrogen and oxygen atoms in total. The van der Waals surface area contributed by atoms with Crippen LogP contribution in [-0.2, 0) is 13.1 Å². The molecule has 0 saturated carbocycles. The molecule has 0 atom stereocenters. The molecule has 128 valence electrons. The van der Waals surface area contributed by atoms with E-state index in [1.807, 2.05) is 24.3 Å². The number of ether oxygens (including phenoxy) is 1. The lowest BCUT2D eigenvalue weighted by atomic mass is 10.0. The number of pyridine rings is 1. The lowest BCUT2D eigenvalue weighted by Gasteiger charge is -2.19. The van der Waals surface area contributed by atoms with Gasteiger partial charge in [-0.25, -0.2) is 9.78 Å². The Hall–Kier alpha value is -3.08. The van der Waals surface area contributed by atoms with Gasteiger partial charge in [0.15, 0.2) is 0 Å².